The summed E-state index contributed by atoms with van der Waals surface area (Å²) in [5.41, 5.74) is -0.0709. The van der Waals surface area contributed by atoms with Crippen molar-refractivity contribution in [2.45, 2.75) is 13.0 Å². The van der Waals surface area contributed by atoms with Gasteiger partial charge in [-0.2, -0.15) is 0 Å². The molecular weight excluding hydrogens is 398 g/mol. The molecule has 3 fully saturated rings. The van der Waals surface area contributed by atoms with Crippen LogP contribution in [0.2, 0.25) is 0 Å². The van der Waals surface area contributed by atoms with E-state index in [1.165, 1.54) is 6.92 Å². The molecule has 8 nitrogen and oxygen atoms in total. The fraction of sp³-hybridized carbons (Fsp3) is 0.550. The van der Waals surface area contributed by atoms with Gasteiger partial charge in [0, 0.05) is 52.2 Å². The van der Waals surface area contributed by atoms with E-state index in [4.69, 9.17) is 4.74 Å². The smallest absolute Gasteiger partial charge is 0.414 e. The van der Waals surface area contributed by atoms with Crippen molar-refractivity contribution in [1.29, 1.82) is 0 Å². The highest BCUT2D eigenvalue weighted by Gasteiger charge is 2.60. The number of halogens is 2. The van der Waals surface area contributed by atoms with Crippen molar-refractivity contribution in [3.63, 3.8) is 0 Å². The summed E-state index contributed by atoms with van der Waals surface area (Å²) in [6.45, 7) is 2.40. The number of rotatable bonds is 5. The average molecular weight is 422 g/mol. The molecular formula is C20H24F2N4O4. The maximum Gasteiger partial charge on any atom is 0.414 e. The number of ether oxygens (including phenoxy) is 1. The van der Waals surface area contributed by atoms with Gasteiger partial charge in [-0.1, -0.05) is 0 Å². The predicted molar refractivity (Wildman–Crippen MR) is 104 cm³/mol. The summed E-state index contributed by atoms with van der Waals surface area (Å²) in [5.74, 6) is -1.57. The zero-order valence-corrected chi connectivity index (χ0v) is 17.0. The van der Waals surface area contributed by atoms with Crippen molar-refractivity contribution >= 4 is 29.3 Å². The van der Waals surface area contributed by atoms with Crippen molar-refractivity contribution in [3.05, 3.63) is 23.8 Å². The molecule has 2 heterocycles. The van der Waals surface area contributed by atoms with Crippen LogP contribution in [0.3, 0.4) is 0 Å². The molecule has 0 aromatic heterocycles. The first-order chi connectivity index (χ1) is 14.2. The molecule has 30 heavy (non-hydrogen) atoms. The Balaban J connectivity index is 1.45. The van der Waals surface area contributed by atoms with Gasteiger partial charge in [0.15, 0.2) is 11.6 Å². The van der Waals surface area contributed by atoms with Crippen LogP contribution >= 0.6 is 0 Å². The number of nitrogens with one attached hydrogen (secondary N) is 1. The summed E-state index contributed by atoms with van der Waals surface area (Å²) in [4.78, 5) is 39.6. The highest BCUT2D eigenvalue weighted by atomic mass is 19.1. The number of hydrogen-bond donors (Lipinski definition) is 1. The predicted octanol–water partition coefficient (Wildman–Crippen LogP) is 1.20. The molecule has 1 unspecified atom stereocenters. The zero-order valence-electron chi connectivity index (χ0n) is 17.0. The van der Waals surface area contributed by atoms with Gasteiger partial charge < -0.3 is 19.9 Å². The minimum atomic E-state index is -0.764. The molecule has 3 aliphatic rings. The first-order valence-electron chi connectivity index (χ1n) is 9.85. The third kappa shape index (κ3) is 3.54. The summed E-state index contributed by atoms with van der Waals surface area (Å²) >= 11 is 0. The molecule has 1 N–H and O–H groups in total. The Morgan fingerprint density at radius 3 is 2.30 bits per heavy atom. The summed E-state index contributed by atoms with van der Waals surface area (Å²) in [6, 6.07) is 2.24. The number of benzene rings is 1. The van der Waals surface area contributed by atoms with Gasteiger partial charge in [-0.05, 0) is 11.8 Å². The molecule has 3 amide bonds. The van der Waals surface area contributed by atoms with E-state index in [2.05, 4.69) is 5.32 Å². The Morgan fingerprint density at radius 1 is 1.17 bits per heavy atom. The van der Waals surface area contributed by atoms with Gasteiger partial charge in [-0.25, -0.2) is 13.6 Å². The molecule has 10 heteroatoms. The van der Waals surface area contributed by atoms with Gasteiger partial charge in [0.25, 0.3) is 0 Å². The van der Waals surface area contributed by atoms with E-state index >= 15 is 0 Å². The second kappa shape index (κ2) is 7.41. The van der Waals surface area contributed by atoms with E-state index in [1.807, 2.05) is 0 Å². The molecule has 4 atom stereocenters. The number of fused-ring (bicyclic) bond motifs is 1. The molecule has 4 rings (SSSR count). The fourth-order valence-electron chi connectivity index (χ4n) is 4.48. The maximum absolute atomic E-state index is 14.8. The van der Waals surface area contributed by atoms with E-state index < -0.39 is 23.8 Å². The third-order valence-electron chi connectivity index (χ3n) is 6.00. The van der Waals surface area contributed by atoms with Crippen LogP contribution < -0.4 is 15.1 Å². The van der Waals surface area contributed by atoms with Crippen molar-refractivity contribution in [2.24, 2.45) is 17.8 Å². The number of cyclic esters (lactones) is 1. The van der Waals surface area contributed by atoms with E-state index in [9.17, 15) is 23.2 Å². The van der Waals surface area contributed by atoms with Gasteiger partial charge in [0.1, 0.15) is 11.8 Å². The van der Waals surface area contributed by atoms with Crippen molar-refractivity contribution < 1.29 is 27.9 Å². The van der Waals surface area contributed by atoms with E-state index in [1.54, 1.807) is 23.9 Å². The second-order valence-corrected chi connectivity index (χ2v) is 8.30. The lowest BCUT2D eigenvalue weighted by molar-refractivity contribution is -0.130. The number of carbonyl (C=O) groups is 3. The molecule has 0 bridgehead atoms. The van der Waals surface area contributed by atoms with Crippen molar-refractivity contribution in [2.75, 3.05) is 50.1 Å². The van der Waals surface area contributed by atoms with Gasteiger partial charge in [0.2, 0.25) is 11.8 Å². The zero-order chi connectivity index (χ0) is 21.7. The molecule has 2 saturated heterocycles. The van der Waals surface area contributed by atoms with Crippen LogP contribution in [0.15, 0.2) is 12.1 Å². The number of carbonyl (C=O) groups excluding carboxylic acids is 3. The van der Waals surface area contributed by atoms with Gasteiger partial charge in [0.05, 0.1) is 18.8 Å². The van der Waals surface area contributed by atoms with Crippen LogP contribution in [0.1, 0.15) is 6.92 Å². The van der Waals surface area contributed by atoms with Crippen LogP contribution in [0.5, 0.6) is 0 Å². The molecule has 1 saturated carbocycles. The van der Waals surface area contributed by atoms with Crippen LogP contribution in [0, 0.1) is 29.4 Å². The number of nitrogens with zero attached hydrogens (tertiary/aromatic N) is 3. The first kappa shape index (κ1) is 20.4. The summed E-state index contributed by atoms with van der Waals surface area (Å²) < 4.78 is 34.8. The Kier molecular flexibility index (Phi) is 5.03. The lowest BCUT2D eigenvalue weighted by Crippen LogP contribution is -2.33. The third-order valence-corrected chi connectivity index (χ3v) is 6.00. The molecule has 2 aliphatic heterocycles. The molecule has 0 radical (unpaired) electrons. The number of anilines is 2. The van der Waals surface area contributed by atoms with Gasteiger partial charge in [-0.3, -0.25) is 14.5 Å². The Morgan fingerprint density at radius 2 is 1.77 bits per heavy atom. The van der Waals surface area contributed by atoms with Crippen LogP contribution in [0.25, 0.3) is 0 Å². The molecule has 1 aromatic carbocycles. The lowest BCUT2D eigenvalue weighted by atomic mass is 10.2. The van der Waals surface area contributed by atoms with E-state index in [-0.39, 0.29) is 54.0 Å². The van der Waals surface area contributed by atoms with Gasteiger partial charge >= 0.3 is 6.09 Å². The van der Waals surface area contributed by atoms with E-state index in [0.29, 0.717) is 13.1 Å². The van der Waals surface area contributed by atoms with Gasteiger partial charge in [-0.15, -0.1) is 0 Å². The Bertz CT molecular complexity index is 874. The lowest BCUT2D eigenvalue weighted by Gasteiger charge is -2.25. The average Bonchev–Trinajstić information content (AvgIpc) is 2.98. The van der Waals surface area contributed by atoms with Crippen molar-refractivity contribution in [1.82, 2.24) is 10.2 Å². The van der Waals surface area contributed by atoms with Crippen LogP contribution in [0.4, 0.5) is 25.0 Å². The Hall–Kier alpha value is -2.91. The minimum Gasteiger partial charge on any atom is -0.442 e. The highest BCUT2D eigenvalue weighted by Crippen LogP contribution is 2.53. The van der Waals surface area contributed by atoms with Crippen LogP contribution in [-0.4, -0.2) is 69.2 Å². The summed E-state index contributed by atoms with van der Waals surface area (Å²) in [5, 5.41) is 2.55. The standard InChI is InChI=1S/C20H24F2N4O4/c1-10(27)23-6-12-7-26(20(29)30-12)11-4-15(21)18(16(22)5-11)25-8-13-14(9-25)17(13)19(28)24(2)3/h4-5,12-14,17H,6-9H2,1-3H3,(H,23,27)/t12-,13-,14+,17?/m0/s1. The monoisotopic (exact) mass is 422 g/mol. The topological polar surface area (TPSA) is 82.2 Å². The van der Waals surface area contributed by atoms with Crippen molar-refractivity contribution in [3.8, 4) is 0 Å². The largest absolute Gasteiger partial charge is 0.442 e. The molecule has 1 aromatic rings. The van der Waals surface area contributed by atoms with Crippen LogP contribution in [-0.2, 0) is 14.3 Å². The number of hydrogen-bond acceptors (Lipinski definition) is 5. The number of piperidine rings is 1. The summed E-state index contributed by atoms with van der Waals surface area (Å²) in [6.07, 6.45) is -1.31. The summed E-state index contributed by atoms with van der Waals surface area (Å²) in [7, 11) is 3.41. The SMILES string of the molecule is CC(=O)NC[C@H]1CN(c2cc(F)c(N3C[C@@H]4C(C(=O)N(C)C)[C@@H]4C3)c(F)c2)C(=O)O1. The number of amides is 3. The maximum atomic E-state index is 14.8. The van der Waals surface area contributed by atoms with E-state index in [0.717, 1.165) is 17.0 Å². The quantitative estimate of drug-likeness (QED) is 0.771. The highest BCUT2D eigenvalue weighted by molar-refractivity contribution is 5.90. The minimum absolute atomic E-state index is 0.0577. The second-order valence-electron chi connectivity index (χ2n) is 8.30. The fourth-order valence-corrected chi connectivity index (χ4v) is 4.48. The normalized spacial score (nSPS) is 27.0. The molecule has 0 spiro atoms. The Labute approximate surface area is 172 Å². The molecule has 162 valence electrons. The first-order valence-corrected chi connectivity index (χ1v) is 9.85. The molecule has 1 aliphatic carbocycles.